The molecule has 29 heavy (non-hydrogen) atoms. The van der Waals surface area contributed by atoms with E-state index in [2.05, 4.69) is 22.1 Å². The fourth-order valence-corrected chi connectivity index (χ4v) is 4.12. The van der Waals surface area contributed by atoms with Gasteiger partial charge in [0.1, 0.15) is 0 Å². The van der Waals surface area contributed by atoms with Gasteiger partial charge in [-0.3, -0.25) is 0 Å². The van der Waals surface area contributed by atoms with Crippen LogP contribution in [0.3, 0.4) is 0 Å². The van der Waals surface area contributed by atoms with Crippen molar-refractivity contribution in [1.29, 1.82) is 0 Å². The highest BCUT2D eigenvalue weighted by atomic mass is 16.2. The molecule has 2 N–H and O–H groups in total. The third-order valence-electron chi connectivity index (χ3n) is 5.61. The van der Waals surface area contributed by atoms with Gasteiger partial charge in [0.05, 0.1) is 35.5 Å². The van der Waals surface area contributed by atoms with Crippen LogP contribution in [0.15, 0.2) is 35.7 Å². The Morgan fingerprint density at radius 2 is 1.79 bits per heavy atom. The number of hydrazone groups is 1. The van der Waals surface area contributed by atoms with E-state index in [1.54, 1.807) is 9.91 Å². The molecule has 2 heterocycles. The monoisotopic (exact) mass is 392 g/mol. The average Bonchev–Trinajstić information content (AvgIpc) is 2.83. The number of nitrogens with two attached hydrogens (primary N) is 1. The van der Waals surface area contributed by atoms with Crippen LogP contribution in [0.1, 0.15) is 57.1 Å². The van der Waals surface area contributed by atoms with E-state index in [1.165, 1.54) is 31.7 Å². The number of amides is 2. The van der Waals surface area contributed by atoms with Crippen LogP contribution in [-0.2, 0) is 0 Å². The van der Waals surface area contributed by atoms with Crippen LogP contribution in [0.2, 0.25) is 0 Å². The molecule has 2 aromatic rings. The van der Waals surface area contributed by atoms with Crippen molar-refractivity contribution in [3.8, 4) is 0 Å². The first-order valence-electron chi connectivity index (χ1n) is 10.4. The van der Waals surface area contributed by atoms with Gasteiger partial charge >= 0.3 is 6.03 Å². The second kappa shape index (κ2) is 7.81. The first-order chi connectivity index (χ1) is 14.0. The Kier molecular flexibility index (Phi) is 5.22. The lowest BCUT2D eigenvalue weighted by atomic mass is 9.82. The number of carbonyl (C=O) groups excluding carboxylic acids is 1. The van der Waals surface area contributed by atoms with E-state index in [0.29, 0.717) is 17.6 Å². The van der Waals surface area contributed by atoms with Crippen molar-refractivity contribution in [1.82, 2.24) is 15.0 Å². The number of benzene rings is 1. The molecule has 152 valence electrons. The number of hydrogen-bond acceptors (Lipinski definition) is 5. The summed E-state index contributed by atoms with van der Waals surface area (Å²) < 4.78 is 0. The molecule has 4 rings (SSSR count). The van der Waals surface area contributed by atoms with Crippen molar-refractivity contribution in [2.75, 3.05) is 10.6 Å². The van der Waals surface area contributed by atoms with Gasteiger partial charge < -0.3 is 5.73 Å². The van der Waals surface area contributed by atoms with Crippen molar-refractivity contribution in [3.05, 3.63) is 41.7 Å². The smallest absolute Gasteiger partial charge is 0.352 e. The molecule has 7 heteroatoms. The topological polar surface area (TPSA) is 87.7 Å². The van der Waals surface area contributed by atoms with Gasteiger partial charge in [-0.1, -0.05) is 31.4 Å². The van der Waals surface area contributed by atoms with E-state index in [9.17, 15) is 4.79 Å². The molecule has 1 saturated carbocycles. The zero-order chi connectivity index (χ0) is 20.5. The molecule has 2 aliphatic rings. The van der Waals surface area contributed by atoms with E-state index in [4.69, 9.17) is 10.8 Å². The highest BCUT2D eigenvalue weighted by Crippen LogP contribution is 2.37. The zero-order valence-electron chi connectivity index (χ0n) is 17.3. The molecule has 0 bridgehead atoms. The van der Waals surface area contributed by atoms with Gasteiger partial charge in [0.15, 0.2) is 0 Å². The molecule has 0 spiro atoms. The Labute approximate surface area is 171 Å². The molecular weight excluding hydrogens is 364 g/mol. The molecular formula is C22H28N6O. The number of carbonyl (C=O) groups is 1. The van der Waals surface area contributed by atoms with Gasteiger partial charge in [-0.25, -0.2) is 24.7 Å². The summed E-state index contributed by atoms with van der Waals surface area (Å²) in [5, 5.41) is 6.49. The number of anilines is 3. The largest absolute Gasteiger partial charge is 0.396 e. The van der Waals surface area contributed by atoms with Crippen molar-refractivity contribution in [2.24, 2.45) is 11.0 Å². The van der Waals surface area contributed by atoms with Crippen LogP contribution in [0, 0.1) is 12.8 Å². The summed E-state index contributed by atoms with van der Waals surface area (Å²) in [6, 6.07) is 5.85. The van der Waals surface area contributed by atoms with Gasteiger partial charge in [-0.15, -0.1) is 0 Å². The lowest BCUT2D eigenvalue weighted by Gasteiger charge is -2.27. The lowest BCUT2D eigenvalue weighted by molar-refractivity contribution is 0.195. The van der Waals surface area contributed by atoms with Crippen molar-refractivity contribution in [2.45, 2.75) is 58.9 Å². The van der Waals surface area contributed by atoms with Gasteiger partial charge in [-0.05, 0) is 45.2 Å². The second-order valence-corrected chi connectivity index (χ2v) is 8.21. The van der Waals surface area contributed by atoms with Crippen LogP contribution in [0.4, 0.5) is 22.1 Å². The summed E-state index contributed by atoms with van der Waals surface area (Å²) in [6.45, 7) is 5.97. The molecule has 0 radical (unpaired) electrons. The molecule has 1 aromatic heterocycles. The standard InChI is InChI=1S/C22H28N6O/c1-14(2)28-22(29)27(21-24-12-17(23)13-25-21)19-11-15(3)9-10-18(19)20(26-28)16-7-5-4-6-8-16/h9-14,16H,4-8,23H2,1-3H3. The minimum Gasteiger partial charge on any atom is -0.396 e. The lowest BCUT2D eigenvalue weighted by Crippen LogP contribution is -2.41. The van der Waals surface area contributed by atoms with Crippen molar-refractivity contribution >= 4 is 29.1 Å². The highest BCUT2D eigenvalue weighted by molar-refractivity contribution is 6.13. The minimum absolute atomic E-state index is 0.0900. The Balaban J connectivity index is 1.92. The van der Waals surface area contributed by atoms with E-state index >= 15 is 0 Å². The maximum Gasteiger partial charge on any atom is 0.352 e. The maximum absolute atomic E-state index is 13.6. The molecule has 1 aliphatic carbocycles. The van der Waals surface area contributed by atoms with Crippen molar-refractivity contribution < 1.29 is 4.79 Å². The number of urea groups is 1. The van der Waals surface area contributed by atoms with E-state index in [1.807, 2.05) is 26.8 Å². The Morgan fingerprint density at radius 1 is 1.10 bits per heavy atom. The van der Waals surface area contributed by atoms with Gasteiger partial charge in [0.25, 0.3) is 0 Å². The SMILES string of the molecule is Cc1ccc2c(c1)N(c1ncc(N)cn1)C(=O)N(C(C)C)N=C2C1CCCCC1. The van der Waals surface area contributed by atoms with Crippen LogP contribution in [0.5, 0.6) is 0 Å². The molecule has 7 nitrogen and oxygen atoms in total. The summed E-state index contributed by atoms with van der Waals surface area (Å²) in [5.74, 6) is 0.660. The first-order valence-corrected chi connectivity index (χ1v) is 10.4. The molecule has 0 unspecified atom stereocenters. The number of aryl methyl sites for hydroxylation is 1. The predicted octanol–water partition coefficient (Wildman–Crippen LogP) is 4.63. The summed E-state index contributed by atoms with van der Waals surface area (Å²) in [6.07, 6.45) is 8.92. The number of rotatable bonds is 3. The van der Waals surface area contributed by atoms with E-state index in [0.717, 1.165) is 35.4 Å². The Morgan fingerprint density at radius 3 is 2.45 bits per heavy atom. The summed E-state index contributed by atoms with van der Waals surface area (Å²) in [4.78, 5) is 23.9. The Bertz CT molecular complexity index is 931. The number of aromatic nitrogens is 2. The molecule has 1 aliphatic heterocycles. The molecule has 0 atom stereocenters. The Hall–Kier alpha value is -2.96. The number of nitrogen functional groups attached to an aromatic ring is 1. The quantitative estimate of drug-likeness (QED) is 0.824. The van der Waals surface area contributed by atoms with Gasteiger partial charge in [0, 0.05) is 11.5 Å². The molecule has 1 aromatic carbocycles. The maximum atomic E-state index is 13.6. The predicted molar refractivity (Wildman–Crippen MR) is 115 cm³/mol. The van der Waals surface area contributed by atoms with Crippen LogP contribution < -0.4 is 10.6 Å². The first kappa shape index (κ1) is 19.4. The fraction of sp³-hybridized carbons (Fsp3) is 0.455. The number of hydrogen-bond donors (Lipinski definition) is 1. The van der Waals surface area contributed by atoms with Crippen LogP contribution >= 0.6 is 0 Å². The van der Waals surface area contributed by atoms with Crippen molar-refractivity contribution in [3.63, 3.8) is 0 Å². The van der Waals surface area contributed by atoms with Gasteiger partial charge in [0.2, 0.25) is 5.95 Å². The average molecular weight is 393 g/mol. The van der Waals surface area contributed by atoms with Gasteiger partial charge in [-0.2, -0.15) is 5.10 Å². The summed E-state index contributed by atoms with van der Waals surface area (Å²) in [7, 11) is 0. The number of nitrogens with zero attached hydrogens (tertiary/aromatic N) is 5. The van der Waals surface area contributed by atoms with Crippen LogP contribution in [0.25, 0.3) is 0 Å². The van der Waals surface area contributed by atoms with Crippen LogP contribution in [-0.4, -0.2) is 32.8 Å². The summed E-state index contributed by atoms with van der Waals surface area (Å²) in [5.41, 5.74) is 10.1. The van der Waals surface area contributed by atoms with E-state index < -0.39 is 0 Å². The zero-order valence-corrected chi connectivity index (χ0v) is 17.3. The third kappa shape index (κ3) is 3.69. The molecule has 0 saturated heterocycles. The summed E-state index contributed by atoms with van der Waals surface area (Å²) >= 11 is 0. The van der Waals surface area contributed by atoms with E-state index in [-0.39, 0.29) is 12.1 Å². The molecule has 2 amide bonds. The minimum atomic E-state index is -0.248. The fourth-order valence-electron chi connectivity index (χ4n) is 4.12. The second-order valence-electron chi connectivity index (χ2n) is 8.21. The molecule has 1 fully saturated rings. The normalized spacial score (nSPS) is 17.9. The third-order valence-corrected chi connectivity index (χ3v) is 5.61. The highest BCUT2D eigenvalue weighted by Gasteiger charge is 2.36. The number of fused-ring (bicyclic) bond motifs is 1.